The molecule has 0 aliphatic carbocycles. The molecule has 2 N–H and O–H groups in total. The van der Waals surface area contributed by atoms with Gasteiger partial charge in [0, 0.05) is 11.8 Å². The second-order valence-corrected chi connectivity index (χ2v) is 4.70. The van der Waals surface area contributed by atoms with Crippen LogP contribution in [0.1, 0.15) is 27.5 Å². The average molecular weight is 270 g/mol. The summed E-state index contributed by atoms with van der Waals surface area (Å²) in [5.74, 6) is 0.225. The van der Waals surface area contributed by atoms with E-state index in [0.717, 1.165) is 11.3 Å². The van der Waals surface area contributed by atoms with Gasteiger partial charge in [-0.15, -0.1) is 0 Å². The fraction of sp³-hybridized carbons (Fsp3) is 0.200. The van der Waals surface area contributed by atoms with Crippen LogP contribution in [0.3, 0.4) is 0 Å². The molecule has 1 unspecified atom stereocenters. The normalized spacial score (nSPS) is 16.4. The van der Waals surface area contributed by atoms with Crippen LogP contribution in [0.2, 0.25) is 0 Å². The molecule has 1 aromatic heterocycles. The molecular weight excluding hydrogens is 256 g/mol. The van der Waals surface area contributed by atoms with Crippen molar-refractivity contribution in [2.45, 2.75) is 13.0 Å². The first-order valence-electron chi connectivity index (χ1n) is 6.34. The maximum atomic E-state index is 11.4. The van der Waals surface area contributed by atoms with Crippen molar-refractivity contribution in [2.75, 3.05) is 11.9 Å². The number of nitrogens with one attached hydrogen (secondary N) is 1. The van der Waals surface area contributed by atoms with E-state index in [1.165, 1.54) is 0 Å². The van der Waals surface area contributed by atoms with Crippen LogP contribution >= 0.6 is 0 Å². The summed E-state index contributed by atoms with van der Waals surface area (Å²) in [5, 5.41) is 12.5. The van der Waals surface area contributed by atoms with E-state index in [1.807, 2.05) is 24.3 Å². The quantitative estimate of drug-likeness (QED) is 0.897. The number of pyridine rings is 1. The van der Waals surface area contributed by atoms with Crippen molar-refractivity contribution in [1.29, 1.82) is 0 Å². The van der Waals surface area contributed by atoms with Crippen molar-refractivity contribution in [2.24, 2.45) is 0 Å². The zero-order valence-electron chi connectivity index (χ0n) is 11.0. The standard InChI is InChI=1S/C15H14N2O3/c1-9-6-7-16-14(13(9)15(18)19)17-11-8-20-12-5-3-2-4-10(11)12/h2-7,11H,8H2,1H3,(H,16,17)(H,18,19). The second kappa shape index (κ2) is 4.85. The molecule has 2 heterocycles. The molecule has 1 aliphatic heterocycles. The maximum Gasteiger partial charge on any atom is 0.339 e. The highest BCUT2D eigenvalue weighted by molar-refractivity contribution is 5.94. The number of para-hydroxylation sites is 1. The van der Waals surface area contributed by atoms with E-state index >= 15 is 0 Å². The van der Waals surface area contributed by atoms with Crippen molar-refractivity contribution >= 4 is 11.8 Å². The highest BCUT2D eigenvalue weighted by Gasteiger charge is 2.25. The minimum Gasteiger partial charge on any atom is -0.491 e. The summed E-state index contributed by atoms with van der Waals surface area (Å²) < 4.78 is 5.58. The lowest BCUT2D eigenvalue weighted by atomic mass is 10.1. The van der Waals surface area contributed by atoms with Crippen LogP contribution in [0.4, 0.5) is 5.82 Å². The molecule has 20 heavy (non-hydrogen) atoms. The Morgan fingerprint density at radius 2 is 2.20 bits per heavy atom. The number of aromatic nitrogens is 1. The van der Waals surface area contributed by atoms with Crippen LogP contribution in [-0.2, 0) is 0 Å². The van der Waals surface area contributed by atoms with Gasteiger partial charge in [0.1, 0.15) is 23.7 Å². The Bertz CT molecular complexity index is 670. The van der Waals surface area contributed by atoms with Crippen molar-refractivity contribution in [3.05, 3.63) is 53.2 Å². The Morgan fingerprint density at radius 3 is 3.00 bits per heavy atom. The van der Waals surface area contributed by atoms with Gasteiger partial charge in [0.05, 0.1) is 6.04 Å². The lowest BCUT2D eigenvalue weighted by molar-refractivity contribution is 0.0696. The van der Waals surface area contributed by atoms with Gasteiger partial charge in [-0.3, -0.25) is 0 Å². The lowest BCUT2D eigenvalue weighted by Crippen LogP contribution is -2.16. The van der Waals surface area contributed by atoms with Crippen molar-refractivity contribution in [1.82, 2.24) is 4.98 Å². The number of aromatic carboxylic acids is 1. The molecule has 0 saturated heterocycles. The lowest BCUT2D eigenvalue weighted by Gasteiger charge is -2.15. The molecule has 1 aromatic carbocycles. The predicted octanol–water partition coefficient (Wildman–Crippen LogP) is 2.63. The highest BCUT2D eigenvalue weighted by atomic mass is 16.5. The first kappa shape index (κ1) is 12.5. The predicted molar refractivity (Wildman–Crippen MR) is 74.2 cm³/mol. The molecule has 0 radical (unpaired) electrons. The fourth-order valence-electron chi connectivity index (χ4n) is 2.38. The molecule has 1 atom stereocenters. The highest BCUT2D eigenvalue weighted by Crippen LogP contribution is 2.34. The molecule has 2 aromatic rings. The van der Waals surface area contributed by atoms with E-state index in [0.29, 0.717) is 18.0 Å². The Hall–Kier alpha value is -2.56. The zero-order chi connectivity index (χ0) is 14.1. The third-order valence-electron chi connectivity index (χ3n) is 3.38. The molecular formula is C15H14N2O3. The molecule has 0 bridgehead atoms. The van der Waals surface area contributed by atoms with Gasteiger partial charge in [-0.2, -0.15) is 0 Å². The molecule has 0 spiro atoms. The zero-order valence-corrected chi connectivity index (χ0v) is 11.0. The summed E-state index contributed by atoms with van der Waals surface area (Å²) in [6.07, 6.45) is 1.60. The molecule has 0 amide bonds. The SMILES string of the molecule is Cc1ccnc(NC2COc3ccccc32)c1C(=O)O. The summed E-state index contributed by atoms with van der Waals surface area (Å²) in [6, 6.07) is 9.32. The number of fused-ring (bicyclic) bond motifs is 1. The van der Waals surface area contributed by atoms with Gasteiger partial charge in [-0.25, -0.2) is 9.78 Å². The molecule has 1 aliphatic rings. The summed E-state index contributed by atoms with van der Waals surface area (Å²) >= 11 is 0. The number of carboxylic acids is 1. The molecule has 5 nitrogen and oxygen atoms in total. The number of nitrogens with zero attached hydrogens (tertiary/aromatic N) is 1. The first-order valence-corrected chi connectivity index (χ1v) is 6.34. The van der Waals surface area contributed by atoms with Crippen LogP contribution < -0.4 is 10.1 Å². The number of hydrogen-bond acceptors (Lipinski definition) is 4. The first-order chi connectivity index (χ1) is 9.66. The van der Waals surface area contributed by atoms with Gasteiger partial charge in [0.25, 0.3) is 0 Å². The van der Waals surface area contributed by atoms with Crippen molar-refractivity contribution in [3.63, 3.8) is 0 Å². The van der Waals surface area contributed by atoms with Crippen molar-refractivity contribution < 1.29 is 14.6 Å². The van der Waals surface area contributed by atoms with Crippen LogP contribution in [0.25, 0.3) is 0 Å². The number of anilines is 1. The number of hydrogen-bond donors (Lipinski definition) is 2. The van der Waals surface area contributed by atoms with Crippen LogP contribution in [0, 0.1) is 6.92 Å². The van der Waals surface area contributed by atoms with Crippen LogP contribution in [-0.4, -0.2) is 22.7 Å². The minimum atomic E-state index is -0.981. The van der Waals surface area contributed by atoms with Gasteiger partial charge >= 0.3 is 5.97 Å². The molecule has 0 saturated carbocycles. The number of benzene rings is 1. The number of ether oxygens (including phenoxy) is 1. The smallest absolute Gasteiger partial charge is 0.339 e. The largest absolute Gasteiger partial charge is 0.491 e. The number of aryl methyl sites for hydroxylation is 1. The van der Waals surface area contributed by atoms with E-state index in [4.69, 9.17) is 4.74 Å². The van der Waals surface area contributed by atoms with Gasteiger partial charge in [0.2, 0.25) is 0 Å². The topological polar surface area (TPSA) is 71.5 Å². The molecule has 3 rings (SSSR count). The minimum absolute atomic E-state index is 0.0846. The third kappa shape index (κ3) is 2.07. The molecule has 5 heteroatoms. The second-order valence-electron chi connectivity index (χ2n) is 4.70. The van der Waals surface area contributed by atoms with E-state index in [2.05, 4.69) is 10.3 Å². The summed E-state index contributed by atoms with van der Waals surface area (Å²) in [4.78, 5) is 15.5. The molecule has 0 fully saturated rings. The van der Waals surface area contributed by atoms with Gasteiger partial charge in [-0.05, 0) is 24.6 Å². The monoisotopic (exact) mass is 270 g/mol. The number of carboxylic acid groups (broad SMARTS) is 1. The number of carbonyl (C=O) groups is 1. The van der Waals surface area contributed by atoms with Gasteiger partial charge in [0.15, 0.2) is 0 Å². The Labute approximate surface area is 116 Å². The van der Waals surface area contributed by atoms with Crippen LogP contribution in [0.15, 0.2) is 36.5 Å². The average Bonchev–Trinajstić information content (AvgIpc) is 2.82. The van der Waals surface area contributed by atoms with Crippen LogP contribution in [0.5, 0.6) is 5.75 Å². The Balaban J connectivity index is 1.94. The Morgan fingerprint density at radius 1 is 1.40 bits per heavy atom. The summed E-state index contributed by atoms with van der Waals surface area (Å²) in [5.41, 5.74) is 1.91. The summed E-state index contributed by atoms with van der Waals surface area (Å²) in [7, 11) is 0. The maximum absolute atomic E-state index is 11.4. The van der Waals surface area contributed by atoms with E-state index in [9.17, 15) is 9.90 Å². The summed E-state index contributed by atoms with van der Waals surface area (Å²) in [6.45, 7) is 2.23. The van der Waals surface area contributed by atoms with Gasteiger partial charge < -0.3 is 15.2 Å². The Kier molecular flexibility index (Phi) is 3.02. The fourth-order valence-corrected chi connectivity index (χ4v) is 2.38. The van der Waals surface area contributed by atoms with Crippen molar-refractivity contribution in [3.8, 4) is 5.75 Å². The van der Waals surface area contributed by atoms with Gasteiger partial charge in [-0.1, -0.05) is 18.2 Å². The van der Waals surface area contributed by atoms with E-state index in [1.54, 1.807) is 19.2 Å². The third-order valence-corrected chi connectivity index (χ3v) is 3.38. The molecule has 102 valence electrons. The number of rotatable bonds is 3. The van der Waals surface area contributed by atoms with E-state index < -0.39 is 5.97 Å². The van der Waals surface area contributed by atoms with E-state index in [-0.39, 0.29) is 11.6 Å².